The van der Waals surface area contributed by atoms with Crippen LogP contribution in [0.25, 0.3) is 0 Å². The zero-order chi connectivity index (χ0) is 19.9. The number of aliphatic imine (C=N–C) groups is 1. The molecule has 0 radical (unpaired) electrons. The summed E-state index contributed by atoms with van der Waals surface area (Å²) < 4.78 is 4.82. The quantitative estimate of drug-likeness (QED) is 0.171. The normalized spacial score (nSPS) is 17.3. The lowest BCUT2D eigenvalue weighted by atomic mass is 9.95. The number of carbonyl (C=O) groups excluding carboxylic acids is 1. The topological polar surface area (TPSA) is 109 Å². The number of ether oxygens (including phenoxy) is 1. The van der Waals surface area contributed by atoms with Gasteiger partial charge in [-0.15, -0.1) is 0 Å². The monoisotopic (exact) mass is 386 g/mol. The number of methoxy groups -OCH3 is 1. The SMILES string of the molecule is COC(=O)CC(C(C)C)N(/C(C)=C(/C=NC(=N)Cl)[N+](=O)[O-])C1CCCC1. The van der Waals surface area contributed by atoms with Crippen LogP contribution in [0.3, 0.4) is 0 Å². The van der Waals surface area contributed by atoms with Gasteiger partial charge in [0.1, 0.15) is 6.21 Å². The van der Waals surface area contributed by atoms with Crippen molar-refractivity contribution in [3.05, 3.63) is 21.5 Å². The second kappa shape index (κ2) is 10.3. The van der Waals surface area contributed by atoms with Gasteiger partial charge in [0.15, 0.2) is 0 Å². The third-order valence-electron chi connectivity index (χ3n) is 4.70. The van der Waals surface area contributed by atoms with Crippen LogP contribution in [0.15, 0.2) is 16.4 Å². The maximum atomic E-state index is 11.9. The van der Waals surface area contributed by atoms with Crippen molar-refractivity contribution in [1.82, 2.24) is 4.90 Å². The van der Waals surface area contributed by atoms with Crippen molar-refractivity contribution in [3.8, 4) is 0 Å². The second-order valence-corrected chi connectivity index (χ2v) is 7.07. The van der Waals surface area contributed by atoms with Crippen LogP contribution in [-0.2, 0) is 9.53 Å². The fraction of sp³-hybridized carbons (Fsp3) is 0.706. The van der Waals surface area contributed by atoms with Crippen molar-refractivity contribution < 1.29 is 14.5 Å². The average Bonchev–Trinajstić information content (AvgIpc) is 3.07. The Hall–Kier alpha value is -1.96. The molecular weight excluding hydrogens is 360 g/mol. The van der Waals surface area contributed by atoms with E-state index in [0.29, 0.717) is 5.70 Å². The van der Waals surface area contributed by atoms with Gasteiger partial charge in [0.2, 0.25) is 5.29 Å². The molecule has 0 bridgehead atoms. The van der Waals surface area contributed by atoms with Gasteiger partial charge >= 0.3 is 11.7 Å². The Morgan fingerprint density at radius 2 is 2.04 bits per heavy atom. The van der Waals surface area contributed by atoms with E-state index in [9.17, 15) is 14.9 Å². The molecule has 0 amide bonds. The van der Waals surface area contributed by atoms with E-state index in [2.05, 4.69) is 4.99 Å². The van der Waals surface area contributed by atoms with Gasteiger partial charge in [-0.1, -0.05) is 26.7 Å². The van der Waals surface area contributed by atoms with Crippen molar-refractivity contribution in [1.29, 1.82) is 5.41 Å². The third-order valence-corrected chi connectivity index (χ3v) is 4.80. The highest BCUT2D eigenvalue weighted by Gasteiger charge is 2.35. The molecule has 1 saturated carbocycles. The summed E-state index contributed by atoms with van der Waals surface area (Å²) in [7, 11) is 1.34. The molecule has 0 spiro atoms. The van der Waals surface area contributed by atoms with Crippen LogP contribution < -0.4 is 0 Å². The summed E-state index contributed by atoms with van der Waals surface area (Å²) in [4.78, 5) is 28.5. The minimum Gasteiger partial charge on any atom is -0.469 e. The second-order valence-electron chi connectivity index (χ2n) is 6.71. The molecule has 9 heteroatoms. The molecule has 1 aliphatic carbocycles. The van der Waals surface area contributed by atoms with E-state index in [0.717, 1.165) is 31.9 Å². The highest BCUT2D eigenvalue weighted by molar-refractivity contribution is 6.64. The number of esters is 1. The van der Waals surface area contributed by atoms with Gasteiger partial charge in [0.25, 0.3) is 0 Å². The highest BCUT2D eigenvalue weighted by Crippen LogP contribution is 2.32. The van der Waals surface area contributed by atoms with Crippen LogP contribution in [0.4, 0.5) is 0 Å². The molecule has 1 unspecified atom stereocenters. The van der Waals surface area contributed by atoms with Crippen LogP contribution >= 0.6 is 11.6 Å². The molecule has 0 aromatic carbocycles. The van der Waals surface area contributed by atoms with E-state index in [1.165, 1.54) is 7.11 Å². The predicted molar refractivity (Wildman–Crippen MR) is 101 cm³/mol. The Bertz CT molecular complexity index is 598. The van der Waals surface area contributed by atoms with Crippen LogP contribution in [0, 0.1) is 21.4 Å². The minimum atomic E-state index is -0.532. The Balaban J connectivity index is 3.40. The molecule has 1 aliphatic rings. The van der Waals surface area contributed by atoms with E-state index < -0.39 is 10.2 Å². The van der Waals surface area contributed by atoms with Gasteiger partial charge in [0, 0.05) is 12.1 Å². The number of allylic oxidation sites excluding steroid dienone is 2. The van der Waals surface area contributed by atoms with E-state index in [4.69, 9.17) is 21.7 Å². The molecule has 0 heterocycles. The summed E-state index contributed by atoms with van der Waals surface area (Å²) in [6.07, 6.45) is 5.07. The fourth-order valence-corrected chi connectivity index (χ4v) is 3.46. The fourth-order valence-electron chi connectivity index (χ4n) is 3.41. The molecule has 0 aliphatic heterocycles. The zero-order valence-corrected chi connectivity index (χ0v) is 16.5. The zero-order valence-electron chi connectivity index (χ0n) is 15.7. The Labute approximate surface area is 158 Å². The van der Waals surface area contributed by atoms with Gasteiger partial charge in [0.05, 0.1) is 24.2 Å². The lowest BCUT2D eigenvalue weighted by Crippen LogP contribution is -2.45. The summed E-state index contributed by atoms with van der Waals surface area (Å²) in [5.74, 6) is -0.265. The molecule has 1 N–H and O–H groups in total. The van der Waals surface area contributed by atoms with Crippen molar-refractivity contribution >= 4 is 29.1 Å². The van der Waals surface area contributed by atoms with Gasteiger partial charge in [-0.2, -0.15) is 0 Å². The number of hydrogen-bond acceptors (Lipinski definition) is 6. The number of halogens is 1. The first-order chi connectivity index (χ1) is 12.2. The summed E-state index contributed by atoms with van der Waals surface area (Å²) in [5.41, 5.74) is 0.198. The predicted octanol–water partition coefficient (Wildman–Crippen LogP) is 3.57. The summed E-state index contributed by atoms with van der Waals surface area (Å²) in [5, 5.41) is 18.2. The van der Waals surface area contributed by atoms with E-state index in [-0.39, 0.29) is 36.1 Å². The lowest BCUT2D eigenvalue weighted by molar-refractivity contribution is -0.416. The number of carbonyl (C=O) groups is 1. The smallest absolute Gasteiger partial charge is 0.307 e. The lowest BCUT2D eigenvalue weighted by Gasteiger charge is -2.40. The summed E-state index contributed by atoms with van der Waals surface area (Å²) >= 11 is 5.40. The van der Waals surface area contributed by atoms with Crippen LogP contribution in [0.1, 0.15) is 52.9 Å². The Kier molecular flexibility index (Phi) is 8.71. The third kappa shape index (κ3) is 6.09. The van der Waals surface area contributed by atoms with Gasteiger partial charge in [-0.3, -0.25) is 20.3 Å². The molecule has 26 heavy (non-hydrogen) atoms. The van der Waals surface area contributed by atoms with E-state index in [1.54, 1.807) is 6.92 Å². The maximum Gasteiger partial charge on any atom is 0.307 e. The number of nitrogens with zero attached hydrogens (tertiary/aromatic N) is 3. The Morgan fingerprint density at radius 3 is 2.46 bits per heavy atom. The van der Waals surface area contributed by atoms with Crippen LogP contribution in [-0.4, -0.2) is 46.5 Å². The molecule has 8 nitrogen and oxygen atoms in total. The van der Waals surface area contributed by atoms with Gasteiger partial charge < -0.3 is 9.64 Å². The first-order valence-electron chi connectivity index (χ1n) is 8.67. The first kappa shape index (κ1) is 22.1. The number of nitrogens with one attached hydrogen (secondary N) is 1. The van der Waals surface area contributed by atoms with Crippen molar-refractivity contribution in [2.24, 2.45) is 10.9 Å². The maximum absolute atomic E-state index is 11.9. The summed E-state index contributed by atoms with van der Waals surface area (Å²) in [6, 6.07) is -0.116. The first-order valence-corrected chi connectivity index (χ1v) is 9.05. The molecule has 1 fully saturated rings. The molecule has 0 saturated heterocycles. The van der Waals surface area contributed by atoms with Crippen molar-refractivity contribution in [2.45, 2.75) is 65.0 Å². The van der Waals surface area contributed by atoms with Gasteiger partial charge in [-0.05, 0) is 37.3 Å². The van der Waals surface area contributed by atoms with E-state index >= 15 is 0 Å². The highest BCUT2D eigenvalue weighted by atomic mass is 35.5. The van der Waals surface area contributed by atoms with Crippen LogP contribution in [0.2, 0.25) is 0 Å². The largest absolute Gasteiger partial charge is 0.469 e. The van der Waals surface area contributed by atoms with Crippen LogP contribution in [0.5, 0.6) is 0 Å². The Morgan fingerprint density at radius 1 is 1.46 bits per heavy atom. The number of nitro groups is 1. The molecule has 0 aromatic heterocycles. The molecule has 1 rings (SSSR count). The number of hydrogen-bond donors (Lipinski definition) is 1. The van der Waals surface area contributed by atoms with Crippen molar-refractivity contribution in [2.75, 3.05) is 7.11 Å². The van der Waals surface area contributed by atoms with Crippen molar-refractivity contribution in [3.63, 3.8) is 0 Å². The molecule has 146 valence electrons. The van der Waals surface area contributed by atoms with E-state index in [1.807, 2.05) is 18.7 Å². The molecular formula is C17H27ClN4O4. The minimum absolute atomic E-state index is 0.0842. The average molecular weight is 387 g/mol. The summed E-state index contributed by atoms with van der Waals surface area (Å²) in [6.45, 7) is 5.63. The number of amidine groups is 1. The standard InChI is InChI=1S/C17H27ClN4O4/c1-11(2)14(9-16(23)26-4)21(13-7-5-6-8-13)12(3)15(22(24)25)10-20-17(18)19/h10-11,13-14,19H,5-9H2,1-4H3/b15-12-,19-17?,20-10?. The molecule has 0 aromatic rings. The molecule has 1 atom stereocenters. The number of rotatable bonds is 8. The van der Waals surface area contributed by atoms with Gasteiger partial charge in [-0.25, -0.2) is 4.99 Å².